The van der Waals surface area contributed by atoms with E-state index in [1.807, 2.05) is 13.8 Å². The fourth-order valence-electron chi connectivity index (χ4n) is 3.03. The van der Waals surface area contributed by atoms with Gasteiger partial charge in [0.05, 0.1) is 19.9 Å². The van der Waals surface area contributed by atoms with E-state index in [1.54, 1.807) is 41.3 Å². The van der Waals surface area contributed by atoms with E-state index in [0.717, 1.165) is 0 Å². The van der Waals surface area contributed by atoms with Gasteiger partial charge in [-0.25, -0.2) is 0 Å². The molecule has 0 fully saturated rings. The number of nitrogens with one attached hydrogen (secondary N) is 1. The summed E-state index contributed by atoms with van der Waals surface area (Å²) in [4.78, 5) is 26.6. The van der Waals surface area contributed by atoms with Crippen molar-refractivity contribution in [2.75, 3.05) is 37.6 Å². The topological polar surface area (TPSA) is 77.1 Å². The van der Waals surface area contributed by atoms with Crippen LogP contribution in [-0.4, -0.2) is 39.2 Å². The summed E-state index contributed by atoms with van der Waals surface area (Å²) in [6, 6.07) is 10.2. The predicted octanol–water partition coefficient (Wildman–Crippen LogP) is 3.34. The van der Waals surface area contributed by atoms with E-state index in [-0.39, 0.29) is 18.4 Å². The number of hydrogen-bond donors (Lipinski definition) is 1. The molecule has 1 heterocycles. The number of ether oxygens (including phenoxy) is 3. The highest BCUT2D eigenvalue weighted by atomic mass is 16.5. The Morgan fingerprint density at radius 1 is 1.14 bits per heavy atom. The number of nitrogens with zero attached hydrogens (tertiary/aromatic N) is 1. The lowest BCUT2D eigenvalue weighted by molar-refractivity contribution is -0.121. The molecule has 7 nitrogen and oxygen atoms in total. The lowest BCUT2D eigenvalue weighted by Gasteiger charge is -2.31. The van der Waals surface area contributed by atoms with Crippen molar-refractivity contribution in [3.8, 4) is 17.2 Å². The van der Waals surface area contributed by atoms with Crippen LogP contribution in [0.3, 0.4) is 0 Å². The van der Waals surface area contributed by atoms with Crippen LogP contribution < -0.4 is 24.4 Å². The number of fused-ring (bicyclic) bond motifs is 1. The summed E-state index contributed by atoms with van der Waals surface area (Å²) < 4.78 is 16.0. The average Bonchev–Trinajstić information content (AvgIpc) is 2.69. The third-order valence-electron chi connectivity index (χ3n) is 4.35. The second-order valence-corrected chi connectivity index (χ2v) is 6.89. The molecule has 2 aromatic carbocycles. The zero-order valence-corrected chi connectivity index (χ0v) is 16.4. The van der Waals surface area contributed by atoms with Gasteiger partial charge in [-0.1, -0.05) is 13.8 Å². The second kappa shape index (κ2) is 8.21. The van der Waals surface area contributed by atoms with Gasteiger partial charge in [-0.3, -0.25) is 9.59 Å². The van der Waals surface area contributed by atoms with E-state index < -0.39 is 0 Å². The standard InChI is InChI=1S/C21H24N2O5/c1-13(2)11-23-16-10-15(6-8-17(16)28-12-20(23)24)22-21(25)14-5-7-18(26-3)19(9-14)27-4/h5-10,13H,11-12H2,1-4H3,(H,22,25). The SMILES string of the molecule is COc1ccc(C(=O)Nc2ccc3c(c2)N(CC(C)C)C(=O)CO3)cc1OC. The van der Waals surface area contributed by atoms with Gasteiger partial charge in [0.25, 0.3) is 11.8 Å². The summed E-state index contributed by atoms with van der Waals surface area (Å²) in [6.45, 7) is 4.70. The Hall–Kier alpha value is -3.22. The number of benzene rings is 2. The Morgan fingerprint density at radius 3 is 2.57 bits per heavy atom. The number of methoxy groups -OCH3 is 2. The maximum Gasteiger partial charge on any atom is 0.265 e. The van der Waals surface area contributed by atoms with Crippen molar-refractivity contribution in [2.24, 2.45) is 5.92 Å². The number of rotatable bonds is 6. The Labute approximate surface area is 164 Å². The molecule has 0 aliphatic carbocycles. The van der Waals surface area contributed by atoms with E-state index in [2.05, 4.69) is 5.32 Å². The number of anilines is 2. The minimum absolute atomic E-state index is 0.0249. The Balaban J connectivity index is 1.84. The molecule has 0 spiro atoms. The largest absolute Gasteiger partial charge is 0.493 e. The van der Waals surface area contributed by atoms with Crippen LogP contribution in [-0.2, 0) is 4.79 Å². The number of hydrogen-bond acceptors (Lipinski definition) is 5. The highest BCUT2D eigenvalue weighted by Crippen LogP contribution is 2.35. The number of carbonyl (C=O) groups excluding carboxylic acids is 2. The molecule has 0 atom stereocenters. The second-order valence-electron chi connectivity index (χ2n) is 6.89. The smallest absolute Gasteiger partial charge is 0.265 e. The molecule has 1 N–H and O–H groups in total. The van der Waals surface area contributed by atoms with E-state index in [4.69, 9.17) is 14.2 Å². The van der Waals surface area contributed by atoms with Gasteiger partial charge in [0.1, 0.15) is 5.75 Å². The average molecular weight is 384 g/mol. The van der Waals surface area contributed by atoms with Crippen LogP contribution in [0.4, 0.5) is 11.4 Å². The monoisotopic (exact) mass is 384 g/mol. The maximum absolute atomic E-state index is 12.7. The van der Waals surface area contributed by atoms with Gasteiger partial charge in [-0.15, -0.1) is 0 Å². The van der Waals surface area contributed by atoms with E-state index in [0.29, 0.717) is 46.6 Å². The molecule has 1 aliphatic rings. The van der Waals surface area contributed by atoms with Crippen molar-refractivity contribution < 1.29 is 23.8 Å². The van der Waals surface area contributed by atoms with Gasteiger partial charge in [0.15, 0.2) is 18.1 Å². The number of amides is 2. The van der Waals surface area contributed by atoms with Crippen LogP contribution in [0, 0.1) is 5.92 Å². The van der Waals surface area contributed by atoms with Crippen LogP contribution >= 0.6 is 0 Å². The fraction of sp³-hybridized carbons (Fsp3) is 0.333. The molecule has 0 aromatic heterocycles. The fourth-order valence-corrected chi connectivity index (χ4v) is 3.03. The van der Waals surface area contributed by atoms with E-state index in [1.165, 1.54) is 14.2 Å². The summed E-state index contributed by atoms with van der Waals surface area (Å²) >= 11 is 0. The highest BCUT2D eigenvalue weighted by Gasteiger charge is 2.26. The first kappa shape index (κ1) is 19.5. The molecule has 0 radical (unpaired) electrons. The third-order valence-corrected chi connectivity index (χ3v) is 4.35. The summed E-state index contributed by atoms with van der Waals surface area (Å²) in [5.74, 6) is 1.57. The normalized spacial score (nSPS) is 13.0. The molecule has 0 saturated heterocycles. The molecule has 0 unspecified atom stereocenters. The first-order valence-corrected chi connectivity index (χ1v) is 9.03. The van der Waals surface area contributed by atoms with Gasteiger partial charge < -0.3 is 24.4 Å². The van der Waals surface area contributed by atoms with E-state index >= 15 is 0 Å². The predicted molar refractivity (Wildman–Crippen MR) is 107 cm³/mol. The summed E-state index contributed by atoms with van der Waals surface area (Å²) in [7, 11) is 3.06. The quantitative estimate of drug-likeness (QED) is 0.827. The molecule has 0 bridgehead atoms. The summed E-state index contributed by atoms with van der Waals surface area (Å²) in [6.07, 6.45) is 0. The van der Waals surface area contributed by atoms with Crippen LogP contribution in [0.2, 0.25) is 0 Å². The third kappa shape index (κ3) is 4.03. The molecule has 148 valence electrons. The zero-order valence-electron chi connectivity index (χ0n) is 16.4. The zero-order chi connectivity index (χ0) is 20.3. The van der Waals surface area contributed by atoms with Gasteiger partial charge in [-0.2, -0.15) is 0 Å². The van der Waals surface area contributed by atoms with E-state index in [9.17, 15) is 9.59 Å². The van der Waals surface area contributed by atoms with Crippen LogP contribution in [0.5, 0.6) is 17.2 Å². The van der Waals surface area contributed by atoms with Crippen molar-refractivity contribution >= 4 is 23.2 Å². The lowest BCUT2D eigenvalue weighted by Crippen LogP contribution is -2.41. The molecule has 0 saturated carbocycles. The van der Waals surface area contributed by atoms with Gasteiger partial charge in [-0.05, 0) is 42.3 Å². The van der Waals surface area contributed by atoms with Crippen molar-refractivity contribution in [2.45, 2.75) is 13.8 Å². The first-order chi connectivity index (χ1) is 13.4. The Kier molecular flexibility index (Phi) is 5.73. The minimum Gasteiger partial charge on any atom is -0.493 e. The molecular formula is C21H24N2O5. The maximum atomic E-state index is 12.7. The van der Waals surface area contributed by atoms with Crippen LogP contribution in [0.25, 0.3) is 0 Å². The van der Waals surface area contributed by atoms with Crippen LogP contribution in [0.15, 0.2) is 36.4 Å². The van der Waals surface area contributed by atoms with Crippen molar-refractivity contribution in [3.63, 3.8) is 0 Å². The number of carbonyl (C=O) groups is 2. The molecule has 28 heavy (non-hydrogen) atoms. The van der Waals surface area contributed by atoms with Crippen LogP contribution in [0.1, 0.15) is 24.2 Å². The van der Waals surface area contributed by atoms with Crippen molar-refractivity contribution in [1.29, 1.82) is 0 Å². The molecule has 3 rings (SSSR count). The van der Waals surface area contributed by atoms with Gasteiger partial charge in [0.2, 0.25) is 0 Å². The Morgan fingerprint density at radius 2 is 1.89 bits per heavy atom. The molecule has 1 aliphatic heterocycles. The summed E-state index contributed by atoms with van der Waals surface area (Å²) in [5, 5.41) is 2.86. The van der Waals surface area contributed by atoms with Crippen molar-refractivity contribution in [1.82, 2.24) is 0 Å². The Bertz CT molecular complexity index is 894. The highest BCUT2D eigenvalue weighted by molar-refractivity contribution is 6.05. The minimum atomic E-state index is -0.292. The lowest BCUT2D eigenvalue weighted by atomic mass is 10.1. The van der Waals surface area contributed by atoms with Gasteiger partial charge >= 0.3 is 0 Å². The molecular weight excluding hydrogens is 360 g/mol. The summed E-state index contributed by atoms with van der Waals surface area (Å²) in [5.41, 5.74) is 1.67. The molecule has 2 aromatic rings. The first-order valence-electron chi connectivity index (χ1n) is 9.03. The van der Waals surface area contributed by atoms with Gasteiger partial charge in [0, 0.05) is 17.8 Å². The molecule has 7 heteroatoms. The van der Waals surface area contributed by atoms with Crippen molar-refractivity contribution in [3.05, 3.63) is 42.0 Å². The molecule has 2 amide bonds.